The van der Waals surface area contributed by atoms with Crippen LogP contribution in [0.25, 0.3) is 0 Å². The summed E-state index contributed by atoms with van der Waals surface area (Å²) in [5, 5.41) is 3.44. The Kier molecular flexibility index (Phi) is 5.17. The highest BCUT2D eigenvalue weighted by atomic mass is 19.1. The first kappa shape index (κ1) is 15.8. The SMILES string of the molecule is CCNC1CCN(C(=O)c2ccc(OC)c(F)c2)CC1C. The van der Waals surface area contributed by atoms with Crippen LogP contribution in [0.4, 0.5) is 4.39 Å². The minimum Gasteiger partial charge on any atom is -0.494 e. The Morgan fingerprint density at radius 1 is 1.52 bits per heavy atom. The minimum atomic E-state index is -0.501. The van der Waals surface area contributed by atoms with E-state index in [0.717, 1.165) is 13.0 Å². The molecule has 1 saturated heterocycles. The smallest absolute Gasteiger partial charge is 0.253 e. The summed E-state index contributed by atoms with van der Waals surface area (Å²) < 4.78 is 18.6. The first-order valence-electron chi connectivity index (χ1n) is 7.43. The molecule has 4 nitrogen and oxygen atoms in total. The number of methoxy groups -OCH3 is 1. The molecule has 0 spiro atoms. The van der Waals surface area contributed by atoms with E-state index >= 15 is 0 Å². The second-order valence-electron chi connectivity index (χ2n) is 5.53. The zero-order chi connectivity index (χ0) is 15.4. The van der Waals surface area contributed by atoms with Gasteiger partial charge in [-0.2, -0.15) is 0 Å². The lowest BCUT2D eigenvalue weighted by Gasteiger charge is -2.37. The third-order valence-corrected chi connectivity index (χ3v) is 4.06. The van der Waals surface area contributed by atoms with Crippen LogP contribution in [0.15, 0.2) is 18.2 Å². The molecule has 2 rings (SSSR count). The number of piperidine rings is 1. The molecule has 0 radical (unpaired) electrons. The summed E-state index contributed by atoms with van der Waals surface area (Å²) in [4.78, 5) is 14.3. The van der Waals surface area contributed by atoms with E-state index in [4.69, 9.17) is 4.74 Å². The van der Waals surface area contributed by atoms with Gasteiger partial charge in [-0.15, -0.1) is 0 Å². The van der Waals surface area contributed by atoms with Gasteiger partial charge in [0, 0.05) is 24.7 Å². The average molecular weight is 294 g/mol. The van der Waals surface area contributed by atoms with Crippen molar-refractivity contribution >= 4 is 5.91 Å². The minimum absolute atomic E-state index is 0.113. The fourth-order valence-electron chi connectivity index (χ4n) is 2.88. The summed E-state index contributed by atoms with van der Waals surface area (Å²) in [5.74, 6) is -0.0613. The Bertz CT molecular complexity index is 507. The normalized spacial score (nSPS) is 22.2. The summed E-state index contributed by atoms with van der Waals surface area (Å²) in [6.45, 7) is 6.57. The van der Waals surface area contributed by atoms with Crippen LogP contribution in [-0.4, -0.2) is 43.6 Å². The fraction of sp³-hybridized carbons (Fsp3) is 0.562. The number of ether oxygens (including phenoxy) is 1. The first-order valence-corrected chi connectivity index (χ1v) is 7.43. The predicted octanol–water partition coefficient (Wildman–Crippen LogP) is 2.29. The molecule has 0 bridgehead atoms. The molecular formula is C16H23FN2O2. The summed E-state index contributed by atoms with van der Waals surface area (Å²) in [5.41, 5.74) is 0.377. The summed E-state index contributed by atoms with van der Waals surface area (Å²) in [7, 11) is 1.41. The molecule has 1 aliphatic heterocycles. The zero-order valence-electron chi connectivity index (χ0n) is 12.9. The van der Waals surface area contributed by atoms with Crippen LogP contribution >= 0.6 is 0 Å². The van der Waals surface area contributed by atoms with Crippen LogP contribution in [0, 0.1) is 11.7 Å². The van der Waals surface area contributed by atoms with Crippen molar-refractivity contribution in [2.45, 2.75) is 26.3 Å². The monoisotopic (exact) mass is 294 g/mol. The van der Waals surface area contributed by atoms with Gasteiger partial charge in [-0.25, -0.2) is 4.39 Å². The number of hydrogen-bond acceptors (Lipinski definition) is 3. The first-order chi connectivity index (χ1) is 10.1. The topological polar surface area (TPSA) is 41.6 Å². The summed E-state index contributed by atoms with van der Waals surface area (Å²) >= 11 is 0. The Morgan fingerprint density at radius 3 is 2.86 bits per heavy atom. The lowest BCUT2D eigenvalue weighted by Crippen LogP contribution is -2.50. The average Bonchev–Trinajstić information content (AvgIpc) is 2.48. The number of carbonyl (C=O) groups is 1. The van der Waals surface area contributed by atoms with E-state index in [1.807, 2.05) is 0 Å². The molecule has 1 aromatic carbocycles. The van der Waals surface area contributed by atoms with Crippen LogP contribution in [0.1, 0.15) is 30.6 Å². The third-order valence-electron chi connectivity index (χ3n) is 4.06. The second-order valence-corrected chi connectivity index (χ2v) is 5.53. The van der Waals surface area contributed by atoms with Crippen LogP contribution < -0.4 is 10.1 Å². The lowest BCUT2D eigenvalue weighted by molar-refractivity contribution is 0.0645. The van der Waals surface area contributed by atoms with Crippen molar-refractivity contribution in [3.8, 4) is 5.75 Å². The number of hydrogen-bond donors (Lipinski definition) is 1. The number of likely N-dealkylation sites (tertiary alicyclic amines) is 1. The van der Waals surface area contributed by atoms with E-state index in [1.165, 1.54) is 19.2 Å². The van der Waals surface area contributed by atoms with Gasteiger partial charge >= 0.3 is 0 Å². The largest absolute Gasteiger partial charge is 0.494 e. The Labute approximate surface area is 125 Å². The highest BCUT2D eigenvalue weighted by molar-refractivity contribution is 5.94. The van der Waals surface area contributed by atoms with Crippen LogP contribution in [0.3, 0.4) is 0 Å². The van der Waals surface area contributed by atoms with Crippen molar-refractivity contribution < 1.29 is 13.9 Å². The van der Waals surface area contributed by atoms with Crippen LogP contribution in [-0.2, 0) is 0 Å². The zero-order valence-corrected chi connectivity index (χ0v) is 12.9. The molecule has 1 heterocycles. The van der Waals surface area contributed by atoms with Gasteiger partial charge in [0.25, 0.3) is 5.91 Å². The van der Waals surface area contributed by atoms with E-state index in [-0.39, 0.29) is 11.7 Å². The van der Waals surface area contributed by atoms with Crippen LogP contribution in [0.5, 0.6) is 5.75 Å². The van der Waals surface area contributed by atoms with E-state index < -0.39 is 5.82 Å². The van der Waals surface area contributed by atoms with E-state index in [1.54, 1.807) is 11.0 Å². The molecule has 2 unspecified atom stereocenters. The molecule has 1 N–H and O–H groups in total. The number of rotatable bonds is 4. The number of amides is 1. The van der Waals surface area contributed by atoms with Gasteiger partial charge in [-0.3, -0.25) is 4.79 Å². The molecule has 0 aromatic heterocycles. The highest BCUT2D eigenvalue weighted by Crippen LogP contribution is 2.22. The number of nitrogens with one attached hydrogen (secondary N) is 1. The van der Waals surface area contributed by atoms with Gasteiger partial charge in [-0.05, 0) is 37.1 Å². The molecular weight excluding hydrogens is 271 g/mol. The second kappa shape index (κ2) is 6.89. The number of carbonyl (C=O) groups excluding carboxylic acids is 1. The van der Waals surface area contributed by atoms with Gasteiger partial charge in [0.15, 0.2) is 11.6 Å². The van der Waals surface area contributed by atoms with Crippen molar-refractivity contribution in [2.75, 3.05) is 26.7 Å². The molecule has 116 valence electrons. The van der Waals surface area contributed by atoms with Crippen molar-refractivity contribution in [3.63, 3.8) is 0 Å². The van der Waals surface area contributed by atoms with E-state index in [0.29, 0.717) is 30.6 Å². The number of benzene rings is 1. The van der Waals surface area contributed by atoms with Crippen molar-refractivity contribution in [1.29, 1.82) is 0 Å². The molecule has 0 aliphatic carbocycles. The maximum atomic E-state index is 13.7. The molecule has 1 amide bonds. The van der Waals surface area contributed by atoms with Crippen LogP contribution in [0.2, 0.25) is 0 Å². The molecule has 5 heteroatoms. The Hall–Kier alpha value is -1.62. The van der Waals surface area contributed by atoms with E-state index in [9.17, 15) is 9.18 Å². The number of halogens is 1. The van der Waals surface area contributed by atoms with Crippen molar-refractivity contribution in [3.05, 3.63) is 29.6 Å². The quantitative estimate of drug-likeness (QED) is 0.926. The maximum absolute atomic E-state index is 13.7. The fourth-order valence-corrected chi connectivity index (χ4v) is 2.88. The standard InChI is InChI=1S/C16H23FN2O2/c1-4-18-14-7-8-19(10-11(14)2)16(20)12-5-6-15(21-3)13(17)9-12/h5-6,9,11,14,18H,4,7-8,10H2,1-3H3. The molecule has 0 saturated carbocycles. The maximum Gasteiger partial charge on any atom is 0.253 e. The highest BCUT2D eigenvalue weighted by Gasteiger charge is 2.28. The Balaban J connectivity index is 2.06. The predicted molar refractivity (Wildman–Crippen MR) is 80.1 cm³/mol. The molecule has 21 heavy (non-hydrogen) atoms. The Morgan fingerprint density at radius 2 is 2.29 bits per heavy atom. The van der Waals surface area contributed by atoms with Gasteiger partial charge in [0.05, 0.1) is 7.11 Å². The lowest BCUT2D eigenvalue weighted by atomic mass is 9.93. The molecule has 2 atom stereocenters. The summed E-state index contributed by atoms with van der Waals surface area (Å²) in [6.07, 6.45) is 0.930. The van der Waals surface area contributed by atoms with Gasteiger partial charge in [0.1, 0.15) is 0 Å². The van der Waals surface area contributed by atoms with Crippen molar-refractivity contribution in [2.24, 2.45) is 5.92 Å². The van der Waals surface area contributed by atoms with Gasteiger partial charge in [-0.1, -0.05) is 13.8 Å². The molecule has 1 fully saturated rings. The molecule has 1 aromatic rings. The van der Waals surface area contributed by atoms with E-state index in [2.05, 4.69) is 19.2 Å². The van der Waals surface area contributed by atoms with Crippen molar-refractivity contribution in [1.82, 2.24) is 10.2 Å². The summed E-state index contributed by atoms with van der Waals surface area (Å²) in [6, 6.07) is 4.82. The van der Waals surface area contributed by atoms with Gasteiger partial charge < -0.3 is 15.0 Å². The van der Waals surface area contributed by atoms with Gasteiger partial charge in [0.2, 0.25) is 0 Å². The number of nitrogens with zero attached hydrogens (tertiary/aromatic N) is 1. The third kappa shape index (κ3) is 3.53. The molecule has 1 aliphatic rings.